The minimum absolute atomic E-state index is 0.105. The molecule has 2 aromatic carbocycles. The summed E-state index contributed by atoms with van der Waals surface area (Å²) in [7, 11) is 0. The molecule has 0 atom stereocenters. The van der Waals surface area contributed by atoms with E-state index in [1.165, 1.54) is 0 Å². The first-order valence-corrected chi connectivity index (χ1v) is 8.65. The zero-order chi connectivity index (χ0) is 16.8. The Kier molecular flexibility index (Phi) is 5.23. The SMILES string of the molecule is CCOc1ccccc1NC(=O)Cc1csc(-c2ccccc2)n1. The minimum Gasteiger partial charge on any atom is -0.492 e. The van der Waals surface area contributed by atoms with E-state index in [0.29, 0.717) is 18.0 Å². The van der Waals surface area contributed by atoms with Gasteiger partial charge in [0, 0.05) is 10.9 Å². The highest BCUT2D eigenvalue weighted by molar-refractivity contribution is 7.13. The Bertz CT molecular complexity index is 815. The van der Waals surface area contributed by atoms with E-state index in [9.17, 15) is 4.79 Å². The third-order valence-corrected chi connectivity index (χ3v) is 4.32. The number of para-hydroxylation sites is 2. The lowest BCUT2D eigenvalue weighted by Crippen LogP contribution is -2.15. The summed E-state index contributed by atoms with van der Waals surface area (Å²) in [4.78, 5) is 16.8. The second kappa shape index (κ2) is 7.75. The Morgan fingerprint density at radius 1 is 1.12 bits per heavy atom. The molecule has 0 unspecified atom stereocenters. The molecule has 1 aromatic heterocycles. The van der Waals surface area contributed by atoms with Crippen LogP contribution in [0.4, 0.5) is 5.69 Å². The maximum absolute atomic E-state index is 12.3. The summed E-state index contributed by atoms with van der Waals surface area (Å²) < 4.78 is 5.52. The van der Waals surface area contributed by atoms with Crippen LogP contribution < -0.4 is 10.1 Å². The Balaban J connectivity index is 1.67. The average molecular weight is 338 g/mol. The van der Waals surface area contributed by atoms with Gasteiger partial charge in [0.05, 0.1) is 24.4 Å². The Morgan fingerprint density at radius 2 is 1.88 bits per heavy atom. The molecule has 122 valence electrons. The fraction of sp³-hybridized carbons (Fsp3) is 0.158. The number of nitrogens with one attached hydrogen (secondary N) is 1. The van der Waals surface area contributed by atoms with Crippen molar-refractivity contribution in [2.45, 2.75) is 13.3 Å². The molecule has 1 amide bonds. The van der Waals surface area contributed by atoms with E-state index in [-0.39, 0.29) is 12.3 Å². The van der Waals surface area contributed by atoms with Crippen LogP contribution in [-0.4, -0.2) is 17.5 Å². The number of rotatable bonds is 6. The first-order valence-electron chi connectivity index (χ1n) is 7.77. The van der Waals surface area contributed by atoms with Gasteiger partial charge in [-0.15, -0.1) is 11.3 Å². The highest BCUT2D eigenvalue weighted by Gasteiger charge is 2.11. The lowest BCUT2D eigenvalue weighted by Gasteiger charge is -2.10. The second-order valence-corrected chi connectivity index (χ2v) is 6.02. The molecule has 0 radical (unpaired) electrons. The van der Waals surface area contributed by atoms with Gasteiger partial charge in [0.1, 0.15) is 10.8 Å². The molecule has 1 heterocycles. The van der Waals surface area contributed by atoms with Crippen molar-refractivity contribution in [3.63, 3.8) is 0 Å². The van der Waals surface area contributed by atoms with E-state index in [1.807, 2.05) is 66.9 Å². The van der Waals surface area contributed by atoms with Crippen molar-refractivity contribution < 1.29 is 9.53 Å². The van der Waals surface area contributed by atoms with Gasteiger partial charge in [-0.05, 0) is 19.1 Å². The molecule has 5 heteroatoms. The van der Waals surface area contributed by atoms with E-state index < -0.39 is 0 Å². The predicted molar refractivity (Wildman–Crippen MR) is 97.5 cm³/mol. The maximum atomic E-state index is 12.3. The van der Waals surface area contributed by atoms with Crippen molar-refractivity contribution in [1.29, 1.82) is 0 Å². The first-order chi connectivity index (χ1) is 11.8. The number of ether oxygens (including phenoxy) is 1. The molecule has 3 aromatic rings. The summed E-state index contributed by atoms with van der Waals surface area (Å²) in [5.41, 5.74) is 2.52. The number of hydrogen-bond acceptors (Lipinski definition) is 4. The number of anilines is 1. The summed E-state index contributed by atoms with van der Waals surface area (Å²) in [6.45, 7) is 2.47. The average Bonchev–Trinajstić information content (AvgIpc) is 3.06. The van der Waals surface area contributed by atoms with E-state index in [1.54, 1.807) is 11.3 Å². The highest BCUT2D eigenvalue weighted by atomic mass is 32.1. The molecular weight excluding hydrogens is 320 g/mol. The zero-order valence-electron chi connectivity index (χ0n) is 13.4. The summed E-state index contributed by atoms with van der Waals surface area (Å²) in [6, 6.07) is 17.4. The van der Waals surface area contributed by atoms with Gasteiger partial charge in [-0.2, -0.15) is 0 Å². The van der Waals surface area contributed by atoms with Crippen LogP contribution in [0.15, 0.2) is 60.0 Å². The number of nitrogens with zero attached hydrogens (tertiary/aromatic N) is 1. The van der Waals surface area contributed by atoms with Crippen molar-refractivity contribution >= 4 is 22.9 Å². The van der Waals surface area contributed by atoms with Gasteiger partial charge in [0.25, 0.3) is 0 Å². The number of carbonyl (C=O) groups excluding carboxylic acids is 1. The van der Waals surface area contributed by atoms with Gasteiger partial charge in [0.2, 0.25) is 5.91 Å². The van der Waals surface area contributed by atoms with Crippen LogP contribution in [0.5, 0.6) is 5.75 Å². The van der Waals surface area contributed by atoms with E-state index in [0.717, 1.165) is 16.3 Å². The second-order valence-electron chi connectivity index (χ2n) is 5.16. The fourth-order valence-corrected chi connectivity index (χ4v) is 3.14. The molecule has 1 N–H and O–H groups in total. The maximum Gasteiger partial charge on any atom is 0.230 e. The monoisotopic (exact) mass is 338 g/mol. The van der Waals surface area contributed by atoms with Crippen LogP contribution in [0, 0.1) is 0 Å². The number of thiazole rings is 1. The quantitative estimate of drug-likeness (QED) is 0.725. The Labute approximate surface area is 145 Å². The molecule has 4 nitrogen and oxygen atoms in total. The lowest BCUT2D eigenvalue weighted by molar-refractivity contribution is -0.115. The molecule has 3 rings (SSSR count). The number of hydrogen-bond donors (Lipinski definition) is 1. The molecule has 0 aliphatic carbocycles. The molecule has 0 saturated carbocycles. The van der Waals surface area contributed by atoms with E-state index in [2.05, 4.69) is 10.3 Å². The van der Waals surface area contributed by atoms with E-state index >= 15 is 0 Å². The van der Waals surface area contributed by atoms with Crippen molar-refractivity contribution in [3.05, 3.63) is 65.7 Å². The molecule has 0 aliphatic rings. The first kappa shape index (κ1) is 16.2. The van der Waals surface area contributed by atoms with Gasteiger partial charge >= 0.3 is 0 Å². The van der Waals surface area contributed by atoms with Crippen LogP contribution in [0.25, 0.3) is 10.6 Å². The Morgan fingerprint density at radius 3 is 2.67 bits per heavy atom. The summed E-state index contributed by atoms with van der Waals surface area (Å²) in [6.07, 6.45) is 0.240. The normalized spacial score (nSPS) is 10.4. The standard InChI is InChI=1S/C19H18N2O2S/c1-2-23-17-11-7-6-10-16(17)21-18(22)12-15-13-24-19(20-15)14-8-4-3-5-9-14/h3-11,13H,2,12H2,1H3,(H,21,22). The van der Waals surface area contributed by atoms with Crippen molar-refractivity contribution in [3.8, 4) is 16.3 Å². The largest absolute Gasteiger partial charge is 0.492 e. The minimum atomic E-state index is -0.105. The van der Waals surface area contributed by atoms with Gasteiger partial charge in [0.15, 0.2) is 0 Å². The van der Waals surface area contributed by atoms with Gasteiger partial charge in [-0.25, -0.2) is 4.98 Å². The van der Waals surface area contributed by atoms with Gasteiger partial charge < -0.3 is 10.1 Å². The topological polar surface area (TPSA) is 51.2 Å². The summed E-state index contributed by atoms with van der Waals surface area (Å²) in [5.74, 6) is 0.573. The number of aromatic nitrogens is 1. The third kappa shape index (κ3) is 4.00. The zero-order valence-corrected chi connectivity index (χ0v) is 14.2. The summed E-state index contributed by atoms with van der Waals surface area (Å²) >= 11 is 1.55. The van der Waals surface area contributed by atoms with Crippen molar-refractivity contribution in [1.82, 2.24) is 4.98 Å². The number of amides is 1. The fourth-order valence-electron chi connectivity index (χ4n) is 2.31. The highest BCUT2D eigenvalue weighted by Crippen LogP contribution is 2.25. The van der Waals surface area contributed by atoms with Crippen LogP contribution in [-0.2, 0) is 11.2 Å². The van der Waals surface area contributed by atoms with Crippen LogP contribution in [0.2, 0.25) is 0 Å². The van der Waals surface area contributed by atoms with Crippen molar-refractivity contribution in [2.24, 2.45) is 0 Å². The molecule has 24 heavy (non-hydrogen) atoms. The molecule has 0 spiro atoms. The van der Waals surface area contributed by atoms with E-state index in [4.69, 9.17) is 4.74 Å². The summed E-state index contributed by atoms with van der Waals surface area (Å²) in [5, 5.41) is 5.74. The van der Waals surface area contributed by atoms with Crippen molar-refractivity contribution in [2.75, 3.05) is 11.9 Å². The third-order valence-electron chi connectivity index (χ3n) is 3.38. The molecule has 0 aliphatic heterocycles. The molecular formula is C19H18N2O2S. The number of benzene rings is 2. The predicted octanol–water partition coefficient (Wildman–Crippen LogP) is 4.39. The smallest absolute Gasteiger partial charge is 0.230 e. The van der Waals surface area contributed by atoms with Crippen LogP contribution >= 0.6 is 11.3 Å². The number of carbonyl (C=O) groups is 1. The molecule has 0 fully saturated rings. The van der Waals surface area contributed by atoms with Gasteiger partial charge in [-0.1, -0.05) is 42.5 Å². The van der Waals surface area contributed by atoms with Crippen LogP contribution in [0.3, 0.4) is 0 Å². The van der Waals surface area contributed by atoms with Crippen LogP contribution in [0.1, 0.15) is 12.6 Å². The lowest BCUT2D eigenvalue weighted by atomic mass is 10.2. The molecule has 0 bridgehead atoms. The Hall–Kier alpha value is -2.66. The molecule has 0 saturated heterocycles. The van der Waals surface area contributed by atoms with Gasteiger partial charge in [-0.3, -0.25) is 4.79 Å².